The van der Waals surface area contributed by atoms with Crippen molar-refractivity contribution in [1.82, 2.24) is 0 Å². The summed E-state index contributed by atoms with van der Waals surface area (Å²) in [6, 6.07) is 9.60. The second-order valence-corrected chi connectivity index (χ2v) is 2.63. The van der Waals surface area contributed by atoms with E-state index in [1.54, 1.807) is 0 Å². The minimum atomic E-state index is -1.37. The van der Waals surface area contributed by atoms with Crippen LogP contribution in [-0.4, -0.2) is 17.2 Å². The molecule has 0 spiro atoms. The third kappa shape index (κ3) is 2.53. The minimum absolute atomic E-state index is 0.866. The third-order valence-corrected chi connectivity index (χ3v) is 1.63. The van der Waals surface area contributed by atoms with Crippen LogP contribution in [0.1, 0.15) is 12.5 Å². The normalized spacial score (nSPS) is 11.4. The molecule has 0 fully saturated rings. The Kier molecular flexibility index (Phi) is 3.08. The topological polar surface area (TPSA) is 40.5 Å². The Hall–Kier alpha value is -1.06. The maximum atomic E-state index is 8.66. The van der Waals surface area contributed by atoms with E-state index in [1.165, 1.54) is 5.98 Å². The molecule has 0 saturated carbocycles. The summed E-state index contributed by atoms with van der Waals surface area (Å²) in [6.07, 6.45) is 0. The van der Waals surface area contributed by atoms with Crippen molar-refractivity contribution in [2.24, 2.45) is 0 Å². The number of hydrogen-bond acceptors (Lipinski definition) is 2. The highest BCUT2D eigenvalue weighted by atomic mass is 16.4. The quantitative estimate of drug-likeness (QED) is 0.639. The highest BCUT2D eigenvalue weighted by Gasteiger charge is 2.02. The molecule has 0 amide bonds. The fraction of sp³-hybridized carbons (Fsp3) is 0.111. The molecule has 2 nitrogen and oxygen atoms in total. The van der Waals surface area contributed by atoms with Gasteiger partial charge >= 0.3 is 7.12 Å². The van der Waals surface area contributed by atoms with Gasteiger partial charge in [0.05, 0.1) is 0 Å². The van der Waals surface area contributed by atoms with Gasteiger partial charge in [-0.05, 0) is 12.5 Å². The summed E-state index contributed by atoms with van der Waals surface area (Å²) in [5.74, 6) is 1.40. The van der Waals surface area contributed by atoms with Crippen molar-refractivity contribution in [1.29, 1.82) is 0 Å². The van der Waals surface area contributed by atoms with E-state index in [9.17, 15) is 0 Å². The van der Waals surface area contributed by atoms with Crippen molar-refractivity contribution >= 4 is 12.7 Å². The molecule has 0 atom stereocenters. The summed E-state index contributed by atoms with van der Waals surface area (Å²) in [6.45, 7) is 1.84. The lowest BCUT2D eigenvalue weighted by atomic mass is 9.87. The third-order valence-electron chi connectivity index (χ3n) is 1.63. The van der Waals surface area contributed by atoms with Gasteiger partial charge in [0, 0.05) is 0 Å². The molecule has 0 heterocycles. The van der Waals surface area contributed by atoms with Gasteiger partial charge in [0.15, 0.2) is 0 Å². The number of rotatable bonds is 2. The summed E-state index contributed by atoms with van der Waals surface area (Å²) in [4.78, 5) is 0. The van der Waals surface area contributed by atoms with Gasteiger partial charge < -0.3 is 10.0 Å². The van der Waals surface area contributed by atoms with E-state index in [0.29, 0.717) is 0 Å². The fourth-order valence-corrected chi connectivity index (χ4v) is 1.02. The molecule has 2 N–H and O–H groups in total. The fourth-order valence-electron chi connectivity index (χ4n) is 1.02. The molecule has 0 aliphatic carbocycles. The number of benzene rings is 1. The van der Waals surface area contributed by atoms with Crippen LogP contribution in [-0.2, 0) is 0 Å². The van der Waals surface area contributed by atoms with Crippen LogP contribution in [0.15, 0.2) is 36.3 Å². The van der Waals surface area contributed by atoms with E-state index in [4.69, 9.17) is 10.0 Å². The maximum absolute atomic E-state index is 8.66. The molecule has 0 aromatic heterocycles. The monoisotopic (exact) mass is 162 g/mol. The first kappa shape index (κ1) is 9.04. The number of hydrogen-bond donors (Lipinski definition) is 2. The zero-order valence-corrected chi connectivity index (χ0v) is 6.94. The van der Waals surface area contributed by atoms with Crippen LogP contribution in [0.3, 0.4) is 0 Å². The molecular formula is C9H11BO2. The first-order valence-electron chi connectivity index (χ1n) is 3.80. The second kappa shape index (κ2) is 4.09. The van der Waals surface area contributed by atoms with Crippen molar-refractivity contribution in [3.8, 4) is 0 Å². The predicted octanol–water partition coefficient (Wildman–Crippen LogP) is 1.10. The predicted molar refractivity (Wildman–Crippen MR) is 50.3 cm³/mol. The largest absolute Gasteiger partial charge is 0.480 e. The van der Waals surface area contributed by atoms with Gasteiger partial charge in [-0.1, -0.05) is 41.9 Å². The summed E-state index contributed by atoms with van der Waals surface area (Å²) in [5.41, 5.74) is 1.87. The Morgan fingerprint density at radius 1 is 1.25 bits per heavy atom. The SMILES string of the molecule is C/C(=C\B(O)O)c1ccccc1. The number of allylic oxidation sites excluding steroid dienone is 1. The van der Waals surface area contributed by atoms with Gasteiger partial charge in [0.2, 0.25) is 0 Å². The van der Waals surface area contributed by atoms with E-state index in [1.807, 2.05) is 37.3 Å². The molecule has 0 saturated heterocycles. The Morgan fingerprint density at radius 2 is 1.83 bits per heavy atom. The van der Waals surface area contributed by atoms with Crippen LogP contribution < -0.4 is 0 Å². The van der Waals surface area contributed by atoms with Crippen LogP contribution >= 0.6 is 0 Å². The van der Waals surface area contributed by atoms with Gasteiger partial charge in [-0.25, -0.2) is 0 Å². The first-order chi connectivity index (χ1) is 5.70. The highest BCUT2D eigenvalue weighted by Crippen LogP contribution is 2.11. The van der Waals surface area contributed by atoms with Crippen molar-refractivity contribution in [2.45, 2.75) is 6.92 Å². The van der Waals surface area contributed by atoms with Crippen molar-refractivity contribution in [3.63, 3.8) is 0 Å². The van der Waals surface area contributed by atoms with E-state index in [2.05, 4.69) is 0 Å². The van der Waals surface area contributed by atoms with Crippen LogP contribution in [0.2, 0.25) is 0 Å². The molecule has 0 aliphatic heterocycles. The molecule has 0 radical (unpaired) electrons. The molecule has 0 bridgehead atoms. The van der Waals surface area contributed by atoms with Gasteiger partial charge in [-0.3, -0.25) is 0 Å². The van der Waals surface area contributed by atoms with Crippen molar-refractivity contribution in [3.05, 3.63) is 41.9 Å². The van der Waals surface area contributed by atoms with E-state index >= 15 is 0 Å². The van der Waals surface area contributed by atoms with Gasteiger partial charge in [0.1, 0.15) is 0 Å². The summed E-state index contributed by atoms with van der Waals surface area (Å²) in [5, 5.41) is 17.3. The van der Waals surface area contributed by atoms with Crippen LogP contribution in [0.4, 0.5) is 0 Å². The molecule has 12 heavy (non-hydrogen) atoms. The molecule has 1 rings (SSSR count). The molecular weight excluding hydrogens is 151 g/mol. The molecule has 1 aromatic carbocycles. The van der Waals surface area contributed by atoms with E-state index in [-0.39, 0.29) is 0 Å². The lowest BCUT2D eigenvalue weighted by Crippen LogP contribution is -2.06. The van der Waals surface area contributed by atoms with Crippen molar-refractivity contribution in [2.75, 3.05) is 0 Å². The van der Waals surface area contributed by atoms with Gasteiger partial charge in [-0.2, -0.15) is 0 Å². The minimum Gasteiger partial charge on any atom is -0.424 e. The maximum Gasteiger partial charge on any atom is 0.480 e. The molecule has 1 aromatic rings. The van der Waals surface area contributed by atoms with Crippen LogP contribution in [0.5, 0.6) is 0 Å². The van der Waals surface area contributed by atoms with Crippen LogP contribution in [0, 0.1) is 0 Å². The summed E-state index contributed by atoms with van der Waals surface area (Å²) >= 11 is 0. The summed E-state index contributed by atoms with van der Waals surface area (Å²) in [7, 11) is -1.37. The Bertz CT molecular complexity index is 267. The van der Waals surface area contributed by atoms with Crippen molar-refractivity contribution < 1.29 is 10.0 Å². The summed E-state index contributed by atoms with van der Waals surface area (Å²) < 4.78 is 0. The zero-order valence-electron chi connectivity index (χ0n) is 6.94. The Balaban J connectivity index is 2.85. The highest BCUT2D eigenvalue weighted by molar-refractivity contribution is 6.49. The molecule has 62 valence electrons. The Labute approximate surface area is 72.3 Å². The smallest absolute Gasteiger partial charge is 0.424 e. The second-order valence-electron chi connectivity index (χ2n) is 2.63. The Morgan fingerprint density at radius 3 is 2.33 bits per heavy atom. The van der Waals surface area contributed by atoms with E-state index in [0.717, 1.165) is 11.1 Å². The average Bonchev–Trinajstić information content (AvgIpc) is 2.05. The average molecular weight is 162 g/mol. The zero-order chi connectivity index (χ0) is 8.97. The molecule has 0 aliphatic rings. The lowest BCUT2D eigenvalue weighted by Gasteiger charge is -1.99. The lowest BCUT2D eigenvalue weighted by molar-refractivity contribution is 0.424. The van der Waals surface area contributed by atoms with Gasteiger partial charge in [0.25, 0.3) is 0 Å². The first-order valence-corrected chi connectivity index (χ1v) is 3.80. The van der Waals surface area contributed by atoms with Crippen LogP contribution in [0.25, 0.3) is 5.57 Å². The molecule has 0 unspecified atom stereocenters. The van der Waals surface area contributed by atoms with E-state index < -0.39 is 7.12 Å². The molecule has 3 heteroatoms. The van der Waals surface area contributed by atoms with Gasteiger partial charge in [-0.15, -0.1) is 0 Å². The standard InChI is InChI=1S/C9H11BO2/c1-8(7-10(11)12)9-5-3-2-4-6-9/h2-7,11-12H,1H3/b8-7+.